The second kappa shape index (κ2) is 7.90. The number of nitrogens with one attached hydrogen (secondary N) is 1. The molecule has 4 aromatic rings. The largest absolute Gasteiger partial charge is 0.477 e. The third-order valence-electron chi connectivity index (χ3n) is 7.18. The summed E-state index contributed by atoms with van der Waals surface area (Å²) in [4.78, 5) is 9.02. The average Bonchev–Trinajstić information content (AvgIpc) is 3.26. The molecule has 0 fully saturated rings. The molecule has 1 aliphatic heterocycles. The maximum absolute atomic E-state index is 14.1. The molecule has 1 aliphatic carbocycles. The van der Waals surface area contributed by atoms with Crippen LogP contribution in [0.1, 0.15) is 39.4 Å². The molecule has 6 nitrogen and oxygen atoms in total. The molecule has 3 aromatic carbocycles. The summed E-state index contributed by atoms with van der Waals surface area (Å²) in [7, 11) is 1.75. The van der Waals surface area contributed by atoms with E-state index in [1.807, 2.05) is 67.6 Å². The molecular weight excluding hydrogens is 455 g/mol. The van der Waals surface area contributed by atoms with Gasteiger partial charge >= 0.3 is 0 Å². The smallest absolute Gasteiger partial charge is 0.222 e. The van der Waals surface area contributed by atoms with Crippen LogP contribution in [0.3, 0.4) is 0 Å². The molecule has 0 amide bonds. The van der Waals surface area contributed by atoms with Crippen molar-refractivity contribution in [3.8, 4) is 5.75 Å². The van der Waals surface area contributed by atoms with Crippen molar-refractivity contribution in [3.05, 3.63) is 118 Å². The van der Waals surface area contributed by atoms with Gasteiger partial charge in [-0.15, -0.1) is 0 Å². The number of aromatic nitrogens is 2. The van der Waals surface area contributed by atoms with Gasteiger partial charge in [-0.3, -0.25) is 0 Å². The predicted octanol–water partition coefficient (Wildman–Crippen LogP) is 4.88. The highest BCUT2D eigenvalue weighted by Gasteiger charge is 2.72. The van der Waals surface area contributed by atoms with Gasteiger partial charge < -0.3 is 20.9 Å². The lowest BCUT2D eigenvalue weighted by Crippen LogP contribution is -2.49. The van der Waals surface area contributed by atoms with Crippen molar-refractivity contribution < 1.29 is 14.2 Å². The molecule has 3 atom stereocenters. The van der Waals surface area contributed by atoms with Gasteiger partial charge in [0.25, 0.3) is 0 Å². The molecule has 0 bridgehead atoms. The van der Waals surface area contributed by atoms with Gasteiger partial charge in [-0.1, -0.05) is 66.2 Å². The van der Waals surface area contributed by atoms with E-state index >= 15 is 0 Å². The summed E-state index contributed by atoms with van der Waals surface area (Å²) in [6, 6.07) is 21.6. The van der Waals surface area contributed by atoms with Crippen molar-refractivity contribution in [2.45, 2.75) is 24.0 Å². The van der Waals surface area contributed by atoms with Crippen LogP contribution in [0.4, 0.5) is 16.2 Å². The molecule has 0 unspecified atom stereocenters. The minimum Gasteiger partial charge on any atom is -0.477 e. The number of fused-ring (bicyclic) bond motifs is 5. The van der Waals surface area contributed by atoms with E-state index in [0.717, 1.165) is 11.1 Å². The SMILES string of the molecule is CNc1nc(N)nc2c1[C@@H](/C=C/c1ccccc1)[C@]1(c3ccc(F)cc3)Oc3ccc(C)cc3[C@]21O. The first-order valence-corrected chi connectivity index (χ1v) is 11.8. The third-order valence-corrected chi connectivity index (χ3v) is 7.18. The molecule has 0 saturated carbocycles. The van der Waals surface area contributed by atoms with E-state index < -0.39 is 17.1 Å². The highest BCUT2D eigenvalue weighted by molar-refractivity contribution is 5.70. The van der Waals surface area contributed by atoms with Crippen LogP contribution in [-0.2, 0) is 11.2 Å². The fourth-order valence-electron chi connectivity index (χ4n) is 5.65. The standard InChI is InChI=1S/C29H25FN4O2/c1-17-8-15-23-22(16-17)28(35)25-24(26(32-2)34-27(31)33-25)21(14-9-18-6-4-3-5-7-18)29(28,36-23)19-10-12-20(30)13-11-19/h3-16,21,35H,1-2H3,(H3,31,32,33,34)/b14-9+/t21-,28+,29+/m1/s1. The first-order valence-electron chi connectivity index (χ1n) is 11.8. The Morgan fingerprint density at radius 2 is 1.81 bits per heavy atom. The first kappa shape index (κ1) is 22.2. The number of nitrogens with zero attached hydrogens (tertiary/aromatic N) is 2. The number of nitrogens with two attached hydrogens (primary N) is 1. The zero-order valence-corrected chi connectivity index (χ0v) is 19.9. The van der Waals surface area contributed by atoms with Crippen molar-refractivity contribution in [2.24, 2.45) is 0 Å². The van der Waals surface area contributed by atoms with Gasteiger partial charge in [0.05, 0.1) is 11.6 Å². The van der Waals surface area contributed by atoms with Gasteiger partial charge in [0.1, 0.15) is 17.4 Å². The second-order valence-electron chi connectivity index (χ2n) is 9.24. The Morgan fingerprint density at radius 3 is 2.53 bits per heavy atom. The quantitative estimate of drug-likeness (QED) is 0.385. The van der Waals surface area contributed by atoms with Crippen LogP contribution in [0, 0.1) is 12.7 Å². The van der Waals surface area contributed by atoms with Crippen LogP contribution in [0.2, 0.25) is 0 Å². The lowest BCUT2D eigenvalue weighted by Gasteiger charge is -2.39. The van der Waals surface area contributed by atoms with Crippen molar-refractivity contribution in [3.63, 3.8) is 0 Å². The fraction of sp³-hybridized carbons (Fsp3) is 0.172. The van der Waals surface area contributed by atoms with E-state index in [9.17, 15) is 9.50 Å². The van der Waals surface area contributed by atoms with E-state index in [1.54, 1.807) is 19.2 Å². The number of halogens is 1. The van der Waals surface area contributed by atoms with Gasteiger partial charge in [-0.05, 0) is 36.8 Å². The van der Waals surface area contributed by atoms with Crippen LogP contribution < -0.4 is 15.8 Å². The topological polar surface area (TPSA) is 93.3 Å². The lowest BCUT2D eigenvalue weighted by atomic mass is 9.72. The van der Waals surface area contributed by atoms with Gasteiger partial charge in [-0.2, -0.15) is 4.98 Å². The third kappa shape index (κ3) is 2.93. The number of benzene rings is 3. The second-order valence-corrected chi connectivity index (χ2v) is 9.24. The molecule has 7 heteroatoms. The van der Waals surface area contributed by atoms with E-state index in [4.69, 9.17) is 10.5 Å². The van der Waals surface area contributed by atoms with Crippen molar-refractivity contribution in [1.29, 1.82) is 0 Å². The first-order chi connectivity index (χ1) is 17.4. The number of nitrogen functional groups attached to an aromatic ring is 1. The highest BCUT2D eigenvalue weighted by Crippen LogP contribution is 2.68. The summed E-state index contributed by atoms with van der Waals surface area (Å²) >= 11 is 0. The lowest BCUT2D eigenvalue weighted by molar-refractivity contribution is -0.0891. The summed E-state index contributed by atoms with van der Waals surface area (Å²) in [6.07, 6.45) is 3.98. The predicted molar refractivity (Wildman–Crippen MR) is 137 cm³/mol. The van der Waals surface area contributed by atoms with E-state index in [1.165, 1.54) is 12.1 Å². The molecule has 180 valence electrons. The van der Waals surface area contributed by atoms with E-state index in [2.05, 4.69) is 15.3 Å². The molecular formula is C29H25FN4O2. The number of ether oxygens (including phenoxy) is 1. The number of rotatable bonds is 4. The molecule has 4 N–H and O–H groups in total. The van der Waals surface area contributed by atoms with Gasteiger partial charge in [-0.25, -0.2) is 9.37 Å². The van der Waals surface area contributed by atoms with Gasteiger partial charge in [0.15, 0.2) is 11.2 Å². The molecule has 0 saturated heterocycles. The van der Waals surface area contributed by atoms with Crippen LogP contribution in [0.5, 0.6) is 5.75 Å². The number of aliphatic hydroxyl groups is 1. The van der Waals surface area contributed by atoms with Crippen molar-refractivity contribution in [1.82, 2.24) is 9.97 Å². The summed E-state index contributed by atoms with van der Waals surface area (Å²) in [5, 5.41) is 15.9. The van der Waals surface area contributed by atoms with Crippen LogP contribution in [0.25, 0.3) is 6.08 Å². The molecule has 36 heavy (non-hydrogen) atoms. The summed E-state index contributed by atoms with van der Waals surface area (Å²) < 4.78 is 20.8. The number of anilines is 2. The summed E-state index contributed by atoms with van der Waals surface area (Å²) in [5.41, 5.74) is 7.23. The minimum absolute atomic E-state index is 0.0355. The Morgan fingerprint density at radius 1 is 1.06 bits per heavy atom. The Hall–Kier alpha value is -4.23. The molecule has 0 radical (unpaired) electrons. The molecule has 0 spiro atoms. The van der Waals surface area contributed by atoms with Crippen molar-refractivity contribution >= 4 is 17.8 Å². The Balaban J connectivity index is 1.71. The zero-order valence-electron chi connectivity index (χ0n) is 19.9. The average molecular weight is 481 g/mol. The van der Waals surface area contributed by atoms with Crippen molar-refractivity contribution in [2.75, 3.05) is 18.1 Å². The summed E-state index contributed by atoms with van der Waals surface area (Å²) in [5.74, 6) is 0.158. The highest BCUT2D eigenvalue weighted by atomic mass is 19.1. The van der Waals surface area contributed by atoms with E-state index in [-0.39, 0.29) is 11.8 Å². The van der Waals surface area contributed by atoms with Gasteiger partial charge in [0.2, 0.25) is 5.95 Å². The van der Waals surface area contributed by atoms with Crippen LogP contribution in [-0.4, -0.2) is 22.1 Å². The summed E-state index contributed by atoms with van der Waals surface area (Å²) in [6.45, 7) is 1.96. The zero-order chi connectivity index (χ0) is 25.1. The Bertz CT molecular complexity index is 1510. The maximum Gasteiger partial charge on any atom is 0.222 e. The van der Waals surface area contributed by atoms with Gasteiger partial charge in [0, 0.05) is 23.7 Å². The number of aryl methyl sites for hydroxylation is 1. The van der Waals surface area contributed by atoms with Crippen LogP contribution >= 0.6 is 0 Å². The monoisotopic (exact) mass is 480 g/mol. The fourth-order valence-corrected chi connectivity index (χ4v) is 5.65. The molecule has 1 aromatic heterocycles. The Kier molecular flexibility index (Phi) is 4.88. The maximum atomic E-state index is 14.1. The Labute approximate surface area is 208 Å². The normalized spacial score (nSPS) is 23.7. The van der Waals surface area contributed by atoms with E-state index in [0.29, 0.717) is 34.0 Å². The molecule has 2 aliphatic rings. The molecule has 2 heterocycles. The molecule has 6 rings (SSSR count). The minimum atomic E-state index is -1.71. The number of hydrogen-bond acceptors (Lipinski definition) is 6. The van der Waals surface area contributed by atoms with Crippen LogP contribution in [0.15, 0.2) is 78.9 Å². The number of hydrogen-bond donors (Lipinski definition) is 3.